The fourth-order valence-electron chi connectivity index (χ4n) is 2.93. The molecular formula is C18H19ClN2O2. The van der Waals surface area contributed by atoms with Crippen LogP contribution in [0, 0.1) is 0 Å². The summed E-state index contributed by atoms with van der Waals surface area (Å²) in [6.07, 6.45) is 4.05. The van der Waals surface area contributed by atoms with Gasteiger partial charge in [0.2, 0.25) is 5.78 Å². The second kappa shape index (κ2) is 6.69. The first kappa shape index (κ1) is 16.0. The van der Waals surface area contributed by atoms with E-state index in [1.807, 2.05) is 0 Å². The third-order valence-corrected chi connectivity index (χ3v) is 4.48. The van der Waals surface area contributed by atoms with E-state index in [1.54, 1.807) is 48.1 Å². The second-order valence-electron chi connectivity index (χ2n) is 5.97. The minimum Gasteiger partial charge on any atom is -0.347 e. The molecule has 2 heterocycles. The van der Waals surface area contributed by atoms with Crippen molar-refractivity contribution in [2.24, 2.45) is 7.05 Å². The van der Waals surface area contributed by atoms with E-state index in [-0.39, 0.29) is 11.6 Å². The molecule has 0 N–H and O–H groups in total. The summed E-state index contributed by atoms with van der Waals surface area (Å²) in [6, 6.07) is 8.47. The summed E-state index contributed by atoms with van der Waals surface area (Å²) in [5, 5.41) is 0.593. The molecule has 2 aromatic rings. The van der Waals surface area contributed by atoms with Crippen LogP contribution >= 0.6 is 11.6 Å². The van der Waals surface area contributed by atoms with Crippen LogP contribution in [0.15, 0.2) is 36.5 Å². The lowest BCUT2D eigenvalue weighted by Gasteiger charge is -2.12. The summed E-state index contributed by atoms with van der Waals surface area (Å²) in [7, 11) is 1.79. The number of hydrogen-bond acceptors (Lipinski definition) is 3. The molecule has 1 fully saturated rings. The highest BCUT2D eigenvalue weighted by Crippen LogP contribution is 2.17. The Labute approximate surface area is 140 Å². The Kier molecular flexibility index (Phi) is 4.64. The number of nitrogens with zero attached hydrogens (tertiary/aromatic N) is 2. The minimum absolute atomic E-state index is 0.0673. The molecule has 1 aliphatic rings. The molecule has 1 saturated heterocycles. The second-order valence-corrected chi connectivity index (χ2v) is 6.40. The number of hydrogen-bond donors (Lipinski definition) is 0. The third kappa shape index (κ3) is 3.54. The maximum Gasteiger partial charge on any atom is 0.209 e. The first-order valence-corrected chi connectivity index (χ1v) is 8.14. The number of carbonyl (C=O) groups excluding carboxylic acids is 2. The molecule has 0 saturated carbocycles. The summed E-state index contributed by atoms with van der Waals surface area (Å²) < 4.78 is 1.72. The average molecular weight is 331 g/mol. The van der Waals surface area contributed by atoms with Gasteiger partial charge in [-0.15, -0.1) is 0 Å². The minimum atomic E-state index is -0.107. The van der Waals surface area contributed by atoms with Gasteiger partial charge in [0.05, 0.1) is 12.2 Å². The Morgan fingerprint density at radius 2 is 1.74 bits per heavy atom. The smallest absolute Gasteiger partial charge is 0.209 e. The standard InChI is InChI=1S/C18H19ClN2O2/c1-20-11-14(17(22)12-21-8-2-3-9-21)10-16(20)18(23)13-4-6-15(19)7-5-13/h4-7,10-11H,2-3,8-9,12H2,1H3. The van der Waals surface area contributed by atoms with Crippen LogP contribution in [0.2, 0.25) is 5.02 Å². The lowest BCUT2D eigenvalue weighted by atomic mass is 10.1. The highest BCUT2D eigenvalue weighted by atomic mass is 35.5. The zero-order chi connectivity index (χ0) is 16.4. The fraction of sp³-hybridized carbons (Fsp3) is 0.333. The molecule has 1 aliphatic heterocycles. The van der Waals surface area contributed by atoms with E-state index in [2.05, 4.69) is 4.90 Å². The number of Topliss-reactive ketones (excluding diaryl/α,β-unsaturated/α-hetero) is 1. The zero-order valence-corrected chi connectivity index (χ0v) is 13.8. The van der Waals surface area contributed by atoms with Gasteiger partial charge >= 0.3 is 0 Å². The van der Waals surface area contributed by atoms with E-state index >= 15 is 0 Å². The normalized spacial score (nSPS) is 15.0. The van der Waals surface area contributed by atoms with Crippen LogP contribution in [0.3, 0.4) is 0 Å². The first-order chi connectivity index (χ1) is 11.0. The molecule has 0 bridgehead atoms. The highest BCUT2D eigenvalue weighted by molar-refractivity contribution is 6.30. The van der Waals surface area contributed by atoms with Crippen molar-refractivity contribution in [3.63, 3.8) is 0 Å². The molecule has 1 aromatic heterocycles. The molecule has 0 amide bonds. The molecule has 0 aliphatic carbocycles. The summed E-state index contributed by atoms with van der Waals surface area (Å²) in [6.45, 7) is 2.39. The fourth-order valence-corrected chi connectivity index (χ4v) is 3.05. The van der Waals surface area contributed by atoms with Crippen molar-refractivity contribution in [1.29, 1.82) is 0 Å². The van der Waals surface area contributed by atoms with Crippen molar-refractivity contribution in [2.75, 3.05) is 19.6 Å². The van der Waals surface area contributed by atoms with Gasteiger partial charge in [-0.05, 0) is 56.3 Å². The van der Waals surface area contributed by atoms with E-state index in [0.29, 0.717) is 28.4 Å². The molecule has 120 valence electrons. The number of aromatic nitrogens is 1. The van der Waals surface area contributed by atoms with Gasteiger partial charge in [-0.25, -0.2) is 0 Å². The van der Waals surface area contributed by atoms with E-state index in [4.69, 9.17) is 11.6 Å². The Bertz CT molecular complexity index is 728. The van der Waals surface area contributed by atoms with E-state index in [0.717, 1.165) is 25.9 Å². The predicted octanol–water partition coefficient (Wildman–Crippen LogP) is 3.19. The summed E-state index contributed by atoms with van der Waals surface area (Å²) in [5.41, 5.74) is 1.67. The third-order valence-electron chi connectivity index (χ3n) is 4.23. The average Bonchev–Trinajstić information content (AvgIpc) is 3.17. The van der Waals surface area contributed by atoms with Crippen molar-refractivity contribution in [2.45, 2.75) is 12.8 Å². The van der Waals surface area contributed by atoms with Crippen LogP contribution in [0.1, 0.15) is 39.3 Å². The molecule has 0 unspecified atom stereocenters. The maximum absolute atomic E-state index is 12.6. The van der Waals surface area contributed by atoms with Gasteiger partial charge in [-0.2, -0.15) is 0 Å². The first-order valence-electron chi connectivity index (χ1n) is 7.77. The zero-order valence-electron chi connectivity index (χ0n) is 13.1. The van der Waals surface area contributed by atoms with Crippen LogP contribution in [0.5, 0.6) is 0 Å². The van der Waals surface area contributed by atoms with E-state index in [9.17, 15) is 9.59 Å². The molecule has 1 aromatic carbocycles. The molecule has 3 rings (SSSR count). The summed E-state index contributed by atoms with van der Waals surface area (Å²) >= 11 is 5.85. The molecule has 23 heavy (non-hydrogen) atoms. The van der Waals surface area contributed by atoms with Gasteiger partial charge in [0.1, 0.15) is 0 Å². The molecule has 0 radical (unpaired) electrons. The monoisotopic (exact) mass is 330 g/mol. The van der Waals surface area contributed by atoms with Crippen LogP contribution in [-0.4, -0.2) is 40.7 Å². The van der Waals surface area contributed by atoms with Crippen LogP contribution in [-0.2, 0) is 7.05 Å². The number of halogens is 1. The van der Waals surface area contributed by atoms with E-state index < -0.39 is 0 Å². The molecule has 0 spiro atoms. The van der Waals surface area contributed by atoms with Gasteiger partial charge in [0, 0.05) is 29.4 Å². The Morgan fingerprint density at radius 3 is 2.39 bits per heavy atom. The lowest BCUT2D eigenvalue weighted by Crippen LogP contribution is -2.26. The molecule has 5 heteroatoms. The van der Waals surface area contributed by atoms with Crippen molar-refractivity contribution in [1.82, 2.24) is 9.47 Å². The van der Waals surface area contributed by atoms with Gasteiger partial charge in [-0.3, -0.25) is 14.5 Å². The summed E-state index contributed by atoms with van der Waals surface area (Å²) in [4.78, 5) is 27.1. The number of benzene rings is 1. The van der Waals surface area contributed by atoms with E-state index in [1.165, 1.54) is 0 Å². The van der Waals surface area contributed by atoms with Crippen molar-refractivity contribution in [3.05, 3.63) is 58.4 Å². The quantitative estimate of drug-likeness (QED) is 0.791. The highest BCUT2D eigenvalue weighted by Gasteiger charge is 2.20. The Balaban J connectivity index is 1.78. The molecule has 0 atom stereocenters. The van der Waals surface area contributed by atoms with Crippen molar-refractivity contribution in [3.8, 4) is 0 Å². The number of likely N-dealkylation sites (tertiary alicyclic amines) is 1. The van der Waals surface area contributed by atoms with Crippen molar-refractivity contribution >= 4 is 23.2 Å². The summed E-state index contributed by atoms with van der Waals surface area (Å²) in [5.74, 6) is -0.0398. The van der Waals surface area contributed by atoms with Crippen LogP contribution in [0.25, 0.3) is 0 Å². The molecular weight excluding hydrogens is 312 g/mol. The van der Waals surface area contributed by atoms with Crippen LogP contribution in [0.4, 0.5) is 0 Å². The number of carbonyl (C=O) groups is 2. The molecule has 4 nitrogen and oxygen atoms in total. The predicted molar refractivity (Wildman–Crippen MR) is 90.3 cm³/mol. The largest absolute Gasteiger partial charge is 0.347 e. The van der Waals surface area contributed by atoms with Gasteiger partial charge in [0.15, 0.2) is 5.78 Å². The number of rotatable bonds is 5. The van der Waals surface area contributed by atoms with Gasteiger partial charge in [-0.1, -0.05) is 11.6 Å². The Hall–Kier alpha value is -1.91. The lowest BCUT2D eigenvalue weighted by molar-refractivity contribution is 0.0945. The van der Waals surface area contributed by atoms with Gasteiger partial charge < -0.3 is 4.57 Å². The van der Waals surface area contributed by atoms with Gasteiger partial charge in [0.25, 0.3) is 0 Å². The van der Waals surface area contributed by atoms with Crippen molar-refractivity contribution < 1.29 is 9.59 Å². The van der Waals surface area contributed by atoms with Crippen LogP contribution < -0.4 is 0 Å². The Morgan fingerprint density at radius 1 is 1.09 bits per heavy atom. The SMILES string of the molecule is Cn1cc(C(=O)CN2CCCC2)cc1C(=O)c1ccc(Cl)cc1. The number of aryl methyl sites for hydroxylation is 1. The maximum atomic E-state index is 12.6. The topological polar surface area (TPSA) is 42.3 Å². The number of ketones is 2.